The Kier molecular flexibility index (Phi) is 9.53. The molecular weight excluding hydrogens is 540 g/mol. The Hall–Kier alpha value is -3.14. The summed E-state index contributed by atoms with van der Waals surface area (Å²) < 4.78 is 42.7. The number of sulfonamides is 1. The molecule has 7 nitrogen and oxygen atoms in total. The van der Waals surface area contributed by atoms with Crippen LogP contribution in [0.1, 0.15) is 19.4 Å². The monoisotopic (exact) mass is 565 g/mol. The maximum atomic E-state index is 14.5. The molecule has 0 aliphatic carbocycles. The molecule has 0 spiro atoms. The second-order valence-electron chi connectivity index (χ2n) is 8.10. The number of likely N-dealkylation sites (N-methyl/N-ethyl adjacent to an activating group) is 1. The standard InChI is InChI=1S/C26H26Cl2FN3O4S/c1-3-30-26(34)18(2)31(16-19-9-7-8-12-23(19)29)25(33)17-32(24-14-13-20(27)15-22(24)28)37(35,36)21-10-5-4-6-11-21/h4-15,18H,3,16-17H2,1-2H3,(H,30,34). The molecule has 0 aliphatic heterocycles. The minimum Gasteiger partial charge on any atom is -0.355 e. The van der Waals surface area contributed by atoms with E-state index in [1.807, 2.05) is 0 Å². The van der Waals surface area contributed by atoms with Gasteiger partial charge in [-0.05, 0) is 50.2 Å². The van der Waals surface area contributed by atoms with Crippen LogP contribution in [-0.4, -0.2) is 44.3 Å². The number of hydrogen-bond acceptors (Lipinski definition) is 4. The predicted molar refractivity (Wildman–Crippen MR) is 143 cm³/mol. The number of halogens is 3. The number of amides is 2. The van der Waals surface area contributed by atoms with Crippen LogP contribution in [0.5, 0.6) is 0 Å². The van der Waals surface area contributed by atoms with E-state index in [1.54, 1.807) is 31.2 Å². The Morgan fingerprint density at radius 1 is 1.00 bits per heavy atom. The van der Waals surface area contributed by atoms with Gasteiger partial charge in [0.1, 0.15) is 18.4 Å². The molecule has 0 aromatic heterocycles. The van der Waals surface area contributed by atoms with E-state index in [-0.39, 0.29) is 32.7 Å². The molecular formula is C26H26Cl2FN3O4S. The molecule has 196 valence electrons. The van der Waals surface area contributed by atoms with E-state index < -0.39 is 40.2 Å². The van der Waals surface area contributed by atoms with Crippen LogP contribution in [0, 0.1) is 5.82 Å². The van der Waals surface area contributed by atoms with Crippen molar-refractivity contribution in [3.05, 3.63) is 94.2 Å². The molecule has 11 heteroatoms. The number of carbonyl (C=O) groups excluding carboxylic acids is 2. The molecule has 0 saturated carbocycles. The highest BCUT2D eigenvalue weighted by Gasteiger charge is 2.33. The van der Waals surface area contributed by atoms with Gasteiger partial charge in [-0.1, -0.05) is 59.6 Å². The molecule has 1 atom stereocenters. The zero-order chi connectivity index (χ0) is 27.2. The van der Waals surface area contributed by atoms with Crippen LogP contribution in [0.2, 0.25) is 10.0 Å². The van der Waals surface area contributed by atoms with E-state index in [1.165, 1.54) is 55.5 Å². The van der Waals surface area contributed by atoms with Crippen molar-refractivity contribution in [1.29, 1.82) is 0 Å². The van der Waals surface area contributed by atoms with Gasteiger partial charge in [-0.15, -0.1) is 0 Å². The van der Waals surface area contributed by atoms with Crippen LogP contribution >= 0.6 is 23.2 Å². The second kappa shape index (κ2) is 12.4. The predicted octanol–water partition coefficient (Wildman–Crippen LogP) is 4.88. The average Bonchev–Trinajstić information content (AvgIpc) is 2.87. The van der Waals surface area contributed by atoms with Gasteiger partial charge in [0.2, 0.25) is 11.8 Å². The third-order valence-electron chi connectivity index (χ3n) is 5.61. The van der Waals surface area contributed by atoms with Crippen molar-refractivity contribution in [3.8, 4) is 0 Å². The maximum Gasteiger partial charge on any atom is 0.264 e. The number of hydrogen-bond donors (Lipinski definition) is 1. The molecule has 1 N–H and O–H groups in total. The second-order valence-corrected chi connectivity index (χ2v) is 10.8. The molecule has 0 saturated heterocycles. The van der Waals surface area contributed by atoms with E-state index in [9.17, 15) is 22.4 Å². The lowest BCUT2D eigenvalue weighted by atomic mass is 10.1. The summed E-state index contributed by atoms with van der Waals surface area (Å²) in [5.41, 5.74) is 0.203. The fourth-order valence-electron chi connectivity index (χ4n) is 3.63. The topological polar surface area (TPSA) is 86.8 Å². The molecule has 1 unspecified atom stereocenters. The minimum atomic E-state index is -4.27. The molecule has 3 aromatic rings. The van der Waals surface area contributed by atoms with Crippen molar-refractivity contribution in [3.63, 3.8) is 0 Å². The van der Waals surface area contributed by atoms with Crippen molar-refractivity contribution in [2.45, 2.75) is 31.3 Å². The summed E-state index contributed by atoms with van der Waals surface area (Å²) in [6, 6.07) is 16.6. The van der Waals surface area contributed by atoms with Crippen molar-refractivity contribution in [2.75, 3.05) is 17.4 Å². The molecule has 0 radical (unpaired) electrons. The van der Waals surface area contributed by atoms with Crippen LogP contribution < -0.4 is 9.62 Å². The minimum absolute atomic E-state index is 0.0113. The Morgan fingerprint density at radius 2 is 1.65 bits per heavy atom. The lowest BCUT2D eigenvalue weighted by Crippen LogP contribution is -2.51. The van der Waals surface area contributed by atoms with Crippen molar-refractivity contribution in [2.24, 2.45) is 0 Å². The lowest BCUT2D eigenvalue weighted by molar-refractivity contribution is -0.139. The number of rotatable bonds is 10. The van der Waals surface area contributed by atoms with Gasteiger partial charge in [-0.3, -0.25) is 13.9 Å². The quantitative estimate of drug-likeness (QED) is 0.379. The van der Waals surface area contributed by atoms with E-state index in [0.717, 1.165) is 9.21 Å². The molecule has 3 rings (SSSR count). The fourth-order valence-corrected chi connectivity index (χ4v) is 5.65. The molecule has 0 bridgehead atoms. The Bertz CT molecular complexity index is 1370. The third kappa shape index (κ3) is 6.80. The highest BCUT2D eigenvalue weighted by molar-refractivity contribution is 7.92. The lowest BCUT2D eigenvalue weighted by Gasteiger charge is -2.32. The van der Waals surface area contributed by atoms with Gasteiger partial charge >= 0.3 is 0 Å². The average molecular weight is 566 g/mol. The van der Waals surface area contributed by atoms with Crippen LogP contribution in [0.3, 0.4) is 0 Å². The SMILES string of the molecule is CCNC(=O)C(C)N(Cc1ccccc1F)C(=O)CN(c1ccc(Cl)cc1Cl)S(=O)(=O)c1ccccc1. The summed E-state index contributed by atoms with van der Waals surface area (Å²) in [5, 5.41) is 2.94. The molecule has 37 heavy (non-hydrogen) atoms. The Morgan fingerprint density at radius 3 is 2.27 bits per heavy atom. The molecule has 0 aliphatic rings. The third-order valence-corrected chi connectivity index (χ3v) is 7.92. The van der Waals surface area contributed by atoms with E-state index >= 15 is 0 Å². The first-order chi connectivity index (χ1) is 17.6. The molecule has 0 heterocycles. The summed E-state index contributed by atoms with van der Waals surface area (Å²) in [4.78, 5) is 27.4. The zero-order valence-electron chi connectivity index (χ0n) is 20.2. The van der Waals surface area contributed by atoms with E-state index in [4.69, 9.17) is 23.2 Å². The number of nitrogens with zero attached hydrogens (tertiary/aromatic N) is 2. The van der Waals surface area contributed by atoms with Crippen LogP contribution in [-0.2, 0) is 26.2 Å². The summed E-state index contributed by atoms with van der Waals surface area (Å²) in [7, 11) is -4.27. The largest absolute Gasteiger partial charge is 0.355 e. The fraction of sp³-hybridized carbons (Fsp3) is 0.231. The summed E-state index contributed by atoms with van der Waals surface area (Å²) in [5.74, 6) is -1.75. The van der Waals surface area contributed by atoms with Gasteiger partial charge < -0.3 is 10.2 Å². The van der Waals surface area contributed by atoms with E-state index in [0.29, 0.717) is 6.54 Å². The molecule has 2 amide bonds. The highest BCUT2D eigenvalue weighted by Crippen LogP contribution is 2.33. The smallest absolute Gasteiger partial charge is 0.264 e. The van der Waals surface area contributed by atoms with Crippen LogP contribution in [0.25, 0.3) is 0 Å². The summed E-state index contributed by atoms with van der Waals surface area (Å²) in [6.45, 7) is 2.59. The van der Waals surface area contributed by atoms with Crippen LogP contribution in [0.4, 0.5) is 10.1 Å². The van der Waals surface area contributed by atoms with Gasteiger partial charge in [0, 0.05) is 23.7 Å². The zero-order valence-corrected chi connectivity index (χ0v) is 22.5. The first kappa shape index (κ1) is 28.4. The van der Waals surface area contributed by atoms with Crippen LogP contribution in [0.15, 0.2) is 77.7 Å². The Balaban J connectivity index is 2.07. The van der Waals surface area contributed by atoms with Crippen molar-refractivity contribution in [1.82, 2.24) is 10.2 Å². The number of anilines is 1. The molecule has 3 aromatic carbocycles. The summed E-state index contributed by atoms with van der Waals surface area (Å²) in [6.07, 6.45) is 0. The first-order valence-corrected chi connectivity index (χ1v) is 13.6. The number of nitrogens with one attached hydrogen (secondary N) is 1. The highest BCUT2D eigenvalue weighted by atomic mass is 35.5. The van der Waals surface area contributed by atoms with E-state index in [2.05, 4.69) is 5.32 Å². The van der Waals surface area contributed by atoms with Gasteiger partial charge in [0.25, 0.3) is 10.0 Å². The number of benzene rings is 3. The first-order valence-electron chi connectivity index (χ1n) is 11.4. The molecule has 0 fully saturated rings. The Labute approximate surface area is 225 Å². The summed E-state index contributed by atoms with van der Waals surface area (Å²) >= 11 is 12.4. The van der Waals surface area contributed by atoms with Gasteiger partial charge in [0.15, 0.2) is 0 Å². The van der Waals surface area contributed by atoms with Crippen molar-refractivity contribution >= 4 is 50.7 Å². The van der Waals surface area contributed by atoms with Gasteiger partial charge in [-0.2, -0.15) is 0 Å². The van der Waals surface area contributed by atoms with Gasteiger partial charge in [0.05, 0.1) is 15.6 Å². The number of carbonyl (C=O) groups is 2. The van der Waals surface area contributed by atoms with Crippen molar-refractivity contribution < 1.29 is 22.4 Å². The van der Waals surface area contributed by atoms with Gasteiger partial charge in [-0.25, -0.2) is 12.8 Å². The maximum absolute atomic E-state index is 14.5. The normalized spacial score (nSPS) is 12.0.